The summed E-state index contributed by atoms with van der Waals surface area (Å²) >= 11 is 0. The highest BCUT2D eigenvalue weighted by atomic mass is 32.2. The van der Waals surface area contributed by atoms with E-state index in [0.29, 0.717) is 5.69 Å². The molecule has 0 radical (unpaired) electrons. The van der Waals surface area contributed by atoms with Crippen LogP contribution in [0, 0.1) is 6.92 Å². The summed E-state index contributed by atoms with van der Waals surface area (Å²) in [5.74, 6) is -0.204. The Bertz CT molecular complexity index is 1110. The maximum atomic E-state index is 12.5. The second-order valence-electron chi connectivity index (χ2n) is 6.90. The molecular formula is C20H21N3O3S. The minimum absolute atomic E-state index is 0.0400. The van der Waals surface area contributed by atoms with Gasteiger partial charge in [0.1, 0.15) is 6.54 Å². The summed E-state index contributed by atoms with van der Waals surface area (Å²) in [5, 5.41) is 3.89. The Morgan fingerprint density at radius 2 is 1.89 bits per heavy atom. The molecule has 0 aliphatic heterocycles. The number of nitrogens with one attached hydrogen (secondary N) is 2. The summed E-state index contributed by atoms with van der Waals surface area (Å²) in [5.41, 5.74) is 2.46. The van der Waals surface area contributed by atoms with Crippen LogP contribution in [-0.2, 0) is 21.4 Å². The smallest absolute Gasteiger partial charge is 0.244 e. The highest BCUT2D eigenvalue weighted by Crippen LogP contribution is 2.23. The van der Waals surface area contributed by atoms with E-state index in [1.165, 1.54) is 12.1 Å². The number of carbonyl (C=O) groups excluding carboxylic acids is 1. The lowest BCUT2D eigenvalue weighted by Crippen LogP contribution is -2.26. The fourth-order valence-electron chi connectivity index (χ4n) is 3.13. The maximum absolute atomic E-state index is 12.5. The van der Waals surface area contributed by atoms with Gasteiger partial charge in [-0.1, -0.05) is 24.3 Å². The first kappa shape index (κ1) is 17.8. The molecule has 2 N–H and O–H groups in total. The summed E-state index contributed by atoms with van der Waals surface area (Å²) in [6, 6.07) is 16.3. The molecule has 1 aliphatic rings. The molecule has 2 aromatic carbocycles. The van der Waals surface area contributed by atoms with Gasteiger partial charge in [-0.15, -0.1) is 0 Å². The van der Waals surface area contributed by atoms with E-state index < -0.39 is 10.0 Å². The van der Waals surface area contributed by atoms with Crippen LogP contribution < -0.4 is 10.0 Å². The standard InChI is InChI=1S/C20H21N3O3S/c1-14-11-15-5-2-3-8-19(15)23(14)13-20(24)21-17-6-4-7-18(12-17)27(25,26)22-16-9-10-16/h2-8,11-12,16,22H,9-10,13H2,1H3,(H,21,24). The van der Waals surface area contributed by atoms with Gasteiger partial charge in [0.2, 0.25) is 15.9 Å². The molecule has 140 valence electrons. The second kappa shape index (κ2) is 6.83. The molecule has 6 nitrogen and oxygen atoms in total. The van der Waals surface area contributed by atoms with Crippen molar-refractivity contribution in [2.45, 2.75) is 37.2 Å². The van der Waals surface area contributed by atoms with Crippen LogP contribution >= 0.6 is 0 Å². The zero-order valence-corrected chi connectivity index (χ0v) is 15.8. The van der Waals surface area contributed by atoms with E-state index in [1.54, 1.807) is 12.1 Å². The first-order valence-electron chi connectivity index (χ1n) is 8.89. The number of carbonyl (C=O) groups is 1. The van der Waals surface area contributed by atoms with Gasteiger partial charge >= 0.3 is 0 Å². The Morgan fingerprint density at radius 1 is 1.11 bits per heavy atom. The van der Waals surface area contributed by atoms with Gasteiger partial charge in [-0.25, -0.2) is 13.1 Å². The number of rotatable bonds is 6. The van der Waals surface area contributed by atoms with Crippen LogP contribution in [0.2, 0.25) is 0 Å². The molecular weight excluding hydrogens is 362 g/mol. The Balaban J connectivity index is 1.51. The predicted molar refractivity (Wildman–Crippen MR) is 105 cm³/mol. The summed E-state index contributed by atoms with van der Waals surface area (Å²) in [6.07, 6.45) is 1.75. The zero-order valence-electron chi connectivity index (χ0n) is 15.0. The monoisotopic (exact) mass is 383 g/mol. The maximum Gasteiger partial charge on any atom is 0.244 e. The van der Waals surface area contributed by atoms with E-state index in [1.807, 2.05) is 41.8 Å². The molecule has 27 heavy (non-hydrogen) atoms. The van der Waals surface area contributed by atoms with Gasteiger partial charge in [-0.2, -0.15) is 0 Å². The number of aryl methyl sites for hydroxylation is 1. The number of nitrogens with zero attached hydrogens (tertiary/aromatic N) is 1. The fraction of sp³-hybridized carbons (Fsp3) is 0.250. The van der Waals surface area contributed by atoms with E-state index in [9.17, 15) is 13.2 Å². The van der Waals surface area contributed by atoms with Crippen molar-refractivity contribution in [1.82, 2.24) is 9.29 Å². The summed E-state index contributed by atoms with van der Waals surface area (Å²) in [7, 11) is -3.55. The largest absolute Gasteiger partial charge is 0.335 e. The molecule has 1 heterocycles. The second-order valence-corrected chi connectivity index (χ2v) is 8.62. The van der Waals surface area contributed by atoms with Crippen molar-refractivity contribution in [2.75, 3.05) is 5.32 Å². The molecule has 1 aromatic heterocycles. The van der Waals surface area contributed by atoms with Crippen molar-refractivity contribution in [3.05, 3.63) is 60.3 Å². The first-order chi connectivity index (χ1) is 12.9. The topological polar surface area (TPSA) is 80.2 Å². The van der Waals surface area contributed by atoms with Crippen LogP contribution in [0.3, 0.4) is 0 Å². The van der Waals surface area contributed by atoms with Gasteiger partial charge in [-0.05, 0) is 55.5 Å². The minimum atomic E-state index is -3.55. The molecule has 0 saturated heterocycles. The van der Waals surface area contributed by atoms with Gasteiger partial charge in [-0.3, -0.25) is 4.79 Å². The van der Waals surface area contributed by atoms with E-state index >= 15 is 0 Å². The Kier molecular flexibility index (Phi) is 4.49. The fourth-order valence-corrected chi connectivity index (χ4v) is 4.48. The van der Waals surface area contributed by atoms with Crippen LogP contribution in [0.1, 0.15) is 18.5 Å². The number of benzene rings is 2. The lowest BCUT2D eigenvalue weighted by molar-refractivity contribution is -0.116. The van der Waals surface area contributed by atoms with Gasteiger partial charge in [0.25, 0.3) is 0 Å². The molecule has 7 heteroatoms. The highest BCUT2D eigenvalue weighted by molar-refractivity contribution is 7.89. The third-order valence-electron chi connectivity index (χ3n) is 4.65. The van der Waals surface area contributed by atoms with E-state index in [2.05, 4.69) is 10.0 Å². The third-order valence-corrected chi connectivity index (χ3v) is 6.16. The van der Waals surface area contributed by atoms with Crippen molar-refractivity contribution < 1.29 is 13.2 Å². The summed E-state index contributed by atoms with van der Waals surface area (Å²) in [4.78, 5) is 12.7. The van der Waals surface area contributed by atoms with Gasteiger partial charge < -0.3 is 9.88 Å². The van der Waals surface area contributed by atoms with E-state index in [-0.39, 0.29) is 23.4 Å². The number of amides is 1. The normalized spacial score (nSPS) is 14.4. The van der Waals surface area contributed by atoms with Crippen LogP contribution in [0.5, 0.6) is 0 Å². The number of anilines is 1. The van der Waals surface area contributed by atoms with Gasteiger partial charge in [0.05, 0.1) is 4.90 Å². The van der Waals surface area contributed by atoms with Crippen LogP contribution in [0.25, 0.3) is 10.9 Å². The van der Waals surface area contributed by atoms with Crippen LogP contribution in [-0.4, -0.2) is 24.9 Å². The molecule has 3 aromatic rings. The molecule has 0 spiro atoms. The predicted octanol–water partition coefficient (Wildman–Crippen LogP) is 3.03. The number of fused-ring (bicyclic) bond motifs is 1. The number of hydrogen-bond acceptors (Lipinski definition) is 3. The number of para-hydroxylation sites is 1. The van der Waals surface area contributed by atoms with Crippen LogP contribution in [0.4, 0.5) is 5.69 Å². The zero-order chi connectivity index (χ0) is 19.0. The molecule has 0 bridgehead atoms. The molecule has 1 aliphatic carbocycles. The Hall–Kier alpha value is -2.64. The van der Waals surface area contributed by atoms with Crippen molar-refractivity contribution >= 4 is 32.5 Å². The van der Waals surface area contributed by atoms with E-state index in [4.69, 9.17) is 0 Å². The Labute approximate surface area is 158 Å². The number of hydrogen-bond donors (Lipinski definition) is 2. The van der Waals surface area contributed by atoms with Crippen molar-refractivity contribution in [1.29, 1.82) is 0 Å². The van der Waals surface area contributed by atoms with Crippen molar-refractivity contribution in [3.8, 4) is 0 Å². The van der Waals surface area contributed by atoms with Crippen molar-refractivity contribution in [3.63, 3.8) is 0 Å². The van der Waals surface area contributed by atoms with Crippen LogP contribution in [0.15, 0.2) is 59.5 Å². The molecule has 0 atom stereocenters. The molecule has 1 fully saturated rings. The SMILES string of the molecule is Cc1cc2ccccc2n1CC(=O)Nc1cccc(S(=O)(=O)NC2CC2)c1. The first-order valence-corrected chi connectivity index (χ1v) is 10.4. The minimum Gasteiger partial charge on any atom is -0.335 e. The van der Waals surface area contributed by atoms with Gasteiger partial charge in [0, 0.05) is 22.9 Å². The molecule has 1 saturated carbocycles. The number of aromatic nitrogens is 1. The molecule has 4 rings (SSSR count). The number of sulfonamides is 1. The summed E-state index contributed by atoms with van der Waals surface area (Å²) in [6.45, 7) is 2.13. The lowest BCUT2D eigenvalue weighted by atomic mass is 10.2. The average Bonchev–Trinajstić information content (AvgIpc) is 3.38. The highest BCUT2D eigenvalue weighted by Gasteiger charge is 2.28. The van der Waals surface area contributed by atoms with Gasteiger partial charge in [0.15, 0.2) is 0 Å². The Morgan fingerprint density at radius 3 is 2.67 bits per heavy atom. The molecule has 0 unspecified atom stereocenters. The lowest BCUT2D eigenvalue weighted by Gasteiger charge is -2.11. The van der Waals surface area contributed by atoms with E-state index in [0.717, 1.165) is 29.4 Å². The molecule has 1 amide bonds. The summed E-state index contributed by atoms with van der Waals surface area (Å²) < 4.78 is 29.3. The van der Waals surface area contributed by atoms with Crippen molar-refractivity contribution in [2.24, 2.45) is 0 Å². The quantitative estimate of drug-likeness (QED) is 0.687. The average molecular weight is 383 g/mol. The third kappa shape index (κ3) is 3.89.